The summed E-state index contributed by atoms with van der Waals surface area (Å²) in [6.45, 7) is 2.60. The van der Waals surface area contributed by atoms with Gasteiger partial charge in [0.1, 0.15) is 5.82 Å². The minimum atomic E-state index is -0.0989. The topological polar surface area (TPSA) is 59.0 Å². The maximum absolute atomic E-state index is 12.9. The van der Waals surface area contributed by atoms with E-state index in [2.05, 4.69) is 15.7 Å². The molecule has 0 spiro atoms. The number of halogens is 1. The van der Waals surface area contributed by atoms with E-state index < -0.39 is 0 Å². The largest absolute Gasteiger partial charge is 0.365 e. The Kier molecular flexibility index (Phi) is 5.40. The third kappa shape index (κ3) is 3.86. The first kappa shape index (κ1) is 17.7. The van der Waals surface area contributed by atoms with Crippen molar-refractivity contribution in [3.05, 3.63) is 55.5 Å². The summed E-state index contributed by atoms with van der Waals surface area (Å²) in [4.78, 5) is 14.0. The fraction of sp³-hybridized carbons (Fsp3) is 0.333. The van der Waals surface area contributed by atoms with Crippen molar-refractivity contribution in [3.8, 4) is 0 Å². The number of thiophene rings is 2. The molecule has 0 saturated carbocycles. The van der Waals surface area contributed by atoms with E-state index in [4.69, 9.17) is 11.6 Å². The van der Waals surface area contributed by atoms with Gasteiger partial charge in [-0.25, -0.2) is 0 Å². The van der Waals surface area contributed by atoms with Crippen molar-refractivity contribution in [2.75, 3.05) is 18.4 Å². The van der Waals surface area contributed by atoms with Crippen LogP contribution >= 0.6 is 34.3 Å². The summed E-state index contributed by atoms with van der Waals surface area (Å²) in [5.74, 6) is 1.03. The predicted octanol–water partition coefficient (Wildman–Crippen LogP) is 4.43. The molecule has 1 saturated heterocycles. The molecule has 0 aliphatic carbocycles. The highest BCUT2D eigenvalue weighted by molar-refractivity contribution is 7.16. The van der Waals surface area contributed by atoms with Crippen molar-refractivity contribution in [1.82, 2.24) is 15.1 Å². The summed E-state index contributed by atoms with van der Waals surface area (Å²) in [6, 6.07) is 7.74. The third-order valence-corrected chi connectivity index (χ3v) is 6.43. The minimum absolute atomic E-state index is 0.0989. The fourth-order valence-electron chi connectivity index (χ4n) is 3.13. The van der Waals surface area contributed by atoms with E-state index in [1.165, 1.54) is 27.4 Å². The van der Waals surface area contributed by atoms with Crippen molar-refractivity contribution in [3.63, 3.8) is 0 Å². The van der Waals surface area contributed by atoms with Crippen LogP contribution in [0.3, 0.4) is 0 Å². The van der Waals surface area contributed by atoms with Crippen molar-refractivity contribution in [2.45, 2.75) is 25.3 Å². The number of rotatable bonds is 5. The summed E-state index contributed by atoms with van der Waals surface area (Å²) in [6.07, 6.45) is 2.09. The predicted molar refractivity (Wildman–Crippen MR) is 108 cm³/mol. The first-order chi connectivity index (χ1) is 12.7. The fourth-order valence-corrected chi connectivity index (χ4v) is 4.79. The molecular formula is C18H19ClN4OS2. The summed E-state index contributed by atoms with van der Waals surface area (Å²) >= 11 is 9.06. The van der Waals surface area contributed by atoms with Crippen LogP contribution in [0.1, 0.15) is 39.7 Å². The SMILES string of the molecule is O=C(c1ccsc1)n1nc(C2CCNCC2)cc1NCc1ccc(Cl)s1. The quantitative estimate of drug-likeness (QED) is 0.658. The van der Waals surface area contributed by atoms with Crippen LogP contribution in [0.2, 0.25) is 4.34 Å². The van der Waals surface area contributed by atoms with Crippen molar-refractivity contribution in [1.29, 1.82) is 0 Å². The molecule has 0 atom stereocenters. The van der Waals surface area contributed by atoms with Crippen LogP contribution < -0.4 is 10.6 Å². The van der Waals surface area contributed by atoms with E-state index in [9.17, 15) is 4.79 Å². The Hall–Kier alpha value is -1.67. The lowest BCUT2D eigenvalue weighted by Gasteiger charge is -2.20. The van der Waals surface area contributed by atoms with E-state index in [1.807, 2.05) is 35.0 Å². The second-order valence-corrected chi connectivity index (χ2v) is 8.85. The number of nitrogens with zero attached hydrogens (tertiary/aromatic N) is 2. The lowest BCUT2D eigenvalue weighted by Crippen LogP contribution is -2.27. The molecule has 26 heavy (non-hydrogen) atoms. The zero-order valence-corrected chi connectivity index (χ0v) is 16.5. The molecule has 1 fully saturated rings. The molecule has 3 aromatic heterocycles. The number of aromatic nitrogens is 2. The van der Waals surface area contributed by atoms with Crippen LogP contribution in [-0.2, 0) is 6.54 Å². The Morgan fingerprint density at radius 3 is 2.88 bits per heavy atom. The van der Waals surface area contributed by atoms with Crippen LogP contribution in [0, 0.1) is 0 Å². The highest BCUT2D eigenvalue weighted by Gasteiger charge is 2.23. The number of nitrogens with one attached hydrogen (secondary N) is 2. The lowest BCUT2D eigenvalue weighted by atomic mass is 9.95. The number of anilines is 1. The van der Waals surface area contributed by atoms with E-state index >= 15 is 0 Å². The van der Waals surface area contributed by atoms with Crippen LogP contribution in [-0.4, -0.2) is 28.8 Å². The van der Waals surface area contributed by atoms with Gasteiger partial charge in [0.05, 0.1) is 22.1 Å². The average molecular weight is 407 g/mol. The van der Waals surface area contributed by atoms with Gasteiger partial charge in [0.25, 0.3) is 5.91 Å². The highest BCUT2D eigenvalue weighted by Crippen LogP contribution is 2.28. The van der Waals surface area contributed by atoms with Gasteiger partial charge in [0.15, 0.2) is 0 Å². The Morgan fingerprint density at radius 1 is 1.35 bits per heavy atom. The van der Waals surface area contributed by atoms with Crippen LogP contribution in [0.5, 0.6) is 0 Å². The molecule has 8 heteroatoms. The third-order valence-electron chi connectivity index (χ3n) is 4.52. The molecule has 3 aromatic rings. The van der Waals surface area contributed by atoms with E-state index in [0.29, 0.717) is 18.0 Å². The Bertz CT molecular complexity index is 881. The zero-order valence-electron chi connectivity index (χ0n) is 14.1. The number of hydrogen-bond acceptors (Lipinski definition) is 6. The van der Waals surface area contributed by atoms with Crippen molar-refractivity contribution in [2.24, 2.45) is 0 Å². The molecule has 4 heterocycles. The average Bonchev–Trinajstić information content (AvgIpc) is 3.41. The number of carbonyl (C=O) groups excluding carboxylic acids is 1. The second kappa shape index (κ2) is 7.92. The van der Waals surface area contributed by atoms with Gasteiger partial charge in [-0.1, -0.05) is 11.6 Å². The smallest absolute Gasteiger partial charge is 0.280 e. The van der Waals surface area contributed by atoms with Crippen molar-refractivity contribution < 1.29 is 4.79 Å². The molecule has 0 radical (unpaired) electrons. The van der Waals surface area contributed by atoms with Gasteiger partial charge in [0.2, 0.25) is 0 Å². The maximum Gasteiger partial charge on any atom is 0.280 e. The van der Waals surface area contributed by atoms with Crippen LogP contribution in [0.15, 0.2) is 35.0 Å². The molecule has 0 bridgehead atoms. The molecule has 0 unspecified atom stereocenters. The van der Waals surface area contributed by atoms with Crippen molar-refractivity contribution >= 4 is 46.0 Å². The van der Waals surface area contributed by atoms with Gasteiger partial charge in [-0.05, 0) is 49.5 Å². The minimum Gasteiger partial charge on any atom is -0.365 e. The molecule has 1 aliphatic rings. The molecule has 1 aliphatic heterocycles. The van der Waals surface area contributed by atoms with Crippen LogP contribution in [0.25, 0.3) is 0 Å². The second-order valence-electron chi connectivity index (χ2n) is 6.27. The molecule has 136 valence electrons. The first-order valence-electron chi connectivity index (χ1n) is 8.56. The lowest BCUT2D eigenvalue weighted by molar-refractivity contribution is 0.0947. The number of hydrogen-bond donors (Lipinski definition) is 2. The van der Waals surface area contributed by atoms with Gasteiger partial charge in [-0.2, -0.15) is 21.1 Å². The molecular weight excluding hydrogens is 388 g/mol. The molecule has 4 rings (SSSR count). The summed E-state index contributed by atoms with van der Waals surface area (Å²) in [7, 11) is 0. The number of carbonyl (C=O) groups is 1. The van der Waals surface area contributed by atoms with E-state index in [1.54, 1.807) is 0 Å². The molecule has 5 nitrogen and oxygen atoms in total. The molecule has 0 amide bonds. The van der Waals surface area contributed by atoms with Crippen LogP contribution in [0.4, 0.5) is 5.82 Å². The normalized spacial score (nSPS) is 15.3. The Labute approximate surface area is 165 Å². The molecule has 2 N–H and O–H groups in total. The Morgan fingerprint density at radius 2 is 2.19 bits per heavy atom. The van der Waals surface area contributed by atoms with Gasteiger partial charge >= 0.3 is 0 Å². The van der Waals surface area contributed by atoms with E-state index in [-0.39, 0.29) is 5.91 Å². The monoisotopic (exact) mass is 406 g/mol. The first-order valence-corrected chi connectivity index (χ1v) is 10.7. The van der Waals surface area contributed by atoms with Gasteiger partial charge in [0, 0.05) is 22.2 Å². The van der Waals surface area contributed by atoms with Gasteiger partial charge in [-0.15, -0.1) is 11.3 Å². The van der Waals surface area contributed by atoms with Gasteiger partial charge in [-0.3, -0.25) is 4.79 Å². The zero-order chi connectivity index (χ0) is 17.9. The molecule has 0 aromatic carbocycles. The summed E-state index contributed by atoms with van der Waals surface area (Å²) in [5, 5.41) is 15.2. The summed E-state index contributed by atoms with van der Waals surface area (Å²) < 4.78 is 2.27. The van der Waals surface area contributed by atoms with Gasteiger partial charge < -0.3 is 10.6 Å². The maximum atomic E-state index is 12.9. The Balaban J connectivity index is 1.60. The standard InChI is InChI=1S/C18H19ClN4OS2/c19-16-2-1-14(26-16)10-21-17-9-15(12-3-6-20-7-4-12)22-23(17)18(24)13-5-8-25-11-13/h1-2,5,8-9,11-12,20-21H,3-4,6-7,10H2. The van der Waals surface area contributed by atoms with E-state index in [0.717, 1.165) is 46.7 Å². The number of piperidine rings is 1. The summed E-state index contributed by atoms with van der Waals surface area (Å²) in [5.41, 5.74) is 1.65. The highest BCUT2D eigenvalue weighted by atomic mass is 35.5.